The molecule has 6 heteroatoms. The van der Waals surface area contributed by atoms with Crippen LogP contribution in [0.25, 0.3) is 0 Å². The molecule has 0 rings (SSSR count). The predicted molar refractivity (Wildman–Crippen MR) is 21.3 cm³/mol. The van der Waals surface area contributed by atoms with E-state index in [4.69, 9.17) is 4.55 Å². The first-order valence-corrected chi connectivity index (χ1v) is 2.18. The number of alkyl halides is 3. The van der Waals surface area contributed by atoms with Gasteiger partial charge in [-0.05, 0) is 0 Å². The van der Waals surface area contributed by atoms with Gasteiger partial charge < -0.3 is 4.55 Å². The Bertz CT molecular complexity index is 97.9. The first-order valence-electron chi connectivity index (χ1n) is 1.41. The standard InChI is InChI=1S/C2HF3O2S/c3-2(4,5)1(6)8-7/h7H. The molecular formula is C2HF3O2S. The minimum atomic E-state index is -4.92. The quantitative estimate of drug-likeness (QED) is 0.523. The summed E-state index contributed by atoms with van der Waals surface area (Å²) in [5, 5.41) is -2.20. The number of rotatable bonds is 0. The highest BCUT2D eigenvalue weighted by molar-refractivity contribution is 8.08. The molecule has 0 heterocycles. The lowest BCUT2D eigenvalue weighted by molar-refractivity contribution is -0.160. The molecule has 8 heavy (non-hydrogen) atoms. The van der Waals surface area contributed by atoms with Crippen LogP contribution in [0.3, 0.4) is 0 Å². The van der Waals surface area contributed by atoms with Crippen LogP contribution in [0.1, 0.15) is 0 Å². The van der Waals surface area contributed by atoms with Crippen molar-refractivity contribution in [1.29, 1.82) is 0 Å². The summed E-state index contributed by atoms with van der Waals surface area (Å²) >= 11 is -0.832. The third-order valence-corrected chi connectivity index (χ3v) is 0.712. The molecule has 0 aromatic rings. The molecule has 0 aromatic carbocycles. The third-order valence-electron chi connectivity index (χ3n) is 0.314. The van der Waals surface area contributed by atoms with E-state index in [1.807, 2.05) is 0 Å². The summed E-state index contributed by atoms with van der Waals surface area (Å²) in [4.78, 5) is 9.42. The van der Waals surface area contributed by atoms with Gasteiger partial charge in [0.05, 0.1) is 12.0 Å². The Kier molecular flexibility index (Phi) is 2.29. The highest BCUT2D eigenvalue weighted by Gasteiger charge is 2.38. The molecule has 0 saturated heterocycles. The van der Waals surface area contributed by atoms with Gasteiger partial charge in [0.25, 0.3) is 0 Å². The maximum absolute atomic E-state index is 10.9. The molecular weight excluding hydrogens is 145 g/mol. The zero-order valence-corrected chi connectivity index (χ0v) is 4.21. The lowest BCUT2D eigenvalue weighted by Crippen LogP contribution is -2.18. The molecule has 0 aliphatic carbocycles. The van der Waals surface area contributed by atoms with E-state index in [0.29, 0.717) is 0 Å². The largest absolute Gasteiger partial charge is 0.463 e. The first-order chi connectivity index (χ1) is 3.48. The van der Waals surface area contributed by atoms with E-state index in [2.05, 4.69) is 0 Å². The van der Waals surface area contributed by atoms with Gasteiger partial charge in [-0.2, -0.15) is 13.2 Å². The van der Waals surface area contributed by atoms with Gasteiger partial charge >= 0.3 is 11.3 Å². The molecule has 0 amide bonds. The van der Waals surface area contributed by atoms with Crippen LogP contribution in [-0.2, 0) is 4.79 Å². The number of hydrogen-bond donors (Lipinski definition) is 1. The highest BCUT2D eigenvalue weighted by atomic mass is 32.2. The van der Waals surface area contributed by atoms with Gasteiger partial charge in [0.1, 0.15) is 0 Å². The van der Waals surface area contributed by atoms with Crippen LogP contribution < -0.4 is 0 Å². The average Bonchev–Trinajstić information content (AvgIpc) is 1.62. The van der Waals surface area contributed by atoms with Crippen molar-refractivity contribution in [1.82, 2.24) is 0 Å². The molecule has 0 saturated carbocycles. The van der Waals surface area contributed by atoms with Crippen LogP contribution in [-0.4, -0.2) is 15.8 Å². The van der Waals surface area contributed by atoms with Crippen molar-refractivity contribution in [2.24, 2.45) is 0 Å². The molecule has 0 aliphatic rings. The maximum Gasteiger partial charge on any atom is 0.463 e. The Hall–Kier alpha value is -0.230. The van der Waals surface area contributed by atoms with Crippen LogP contribution >= 0.6 is 12.0 Å². The molecule has 0 aliphatic heterocycles. The number of carbonyl (C=O) groups is 1. The van der Waals surface area contributed by atoms with Crippen LogP contribution in [0.4, 0.5) is 13.2 Å². The predicted octanol–water partition coefficient (Wildman–Crippen LogP) is 1.28. The van der Waals surface area contributed by atoms with Crippen LogP contribution in [0.5, 0.6) is 0 Å². The van der Waals surface area contributed by atoms with E-state index < -0.39 is 23.3 Å². The summed E-state index contributed by atoms with van der Waals surface area (Å²) in [5.41, 5.74) is 0. The average molecular weight is 146 g/mol. The lowest BCUT2D eigenvalue weighted by atomic mass is 10.8. The number of carbonyl (C=O) groups excluding carboxylic acids is 1. The van der Waals surface area contributed by atoms with Gasteiger partial charge in [-0.25, -0.2) is 0 Å². The van der Waals surface area contributed by atoms with Crippen molar-refractivity contribution in [3.8, 4) is 0 Å². The van der Waals surface area contributed by atoms with E-state index in [9.17, 15) is 18.0 Å². The van der Waals surface area contributed by atoms with Crippen molar-refractivity contribution in [2.75, 3.05) is 0 Å². The Morgan fingerprint density at radius 2 is 1.88 bits per heavy atom. The molecule has 0 atom stereocenters. The minimum absolute atomic E-state index is 0.832. The summed E-state index contributed by atoms with van der Waals surface area (Å²) in [6.07, 6.45) is -4.92. The van der Waals surface area contributed by atoms with Gasteiger partial charge in [-0.3, -0.25) is 4.79 Å². The second-order valence-corrected chi connectivity index (χ2v) is 1.43. The van der Waals surface area contributed by atoms with Crippen molar-refractivity contribution in [3.63, 3.8) is 0 Å². The van der Waals surface area contributed by atoms with Gasteiger partial charge in [0.2, 0.25) is 0 Å². The Morgan fingerprint density at radius 1 is 1.50 bits per heavy atom. The molecule has 0 bridgehead atoms. The smallest absolute Gasteiger partial charge is 0.323 e. The van der Waals surface area contributed by atoms with Gasteiger partial charge in [-0.1, -0.05) is 0 Å². The van der Waals surface area contributed by atoms with E-state index in [1.54, 1.807) is 0 Å². The summed E-state index contributed by atoms with van der Waals surface area (Å²) in [5.74, 6) is 0. The zero-order chi connectivity index (χ0) is 6.78. The second-order valence-electron chi connectivity index (χ2n) is 0.877. The SMILES string of the molecule is O=C(SO)C(F)(F)F. The van der Waals surface area contributed by atoms with Crippen LogP contribution in [0.2, 0.25) is 0 Å². The van der Waals surface area contributed by atoms with E-state index in [-0.39, 0.29) is 0 Å². The molecule has 1 N–H and O–H groups in total. The minimum Gasteiger partial charge on any atom is -0.323 e. The monoisotopic (exact) mass is 146 g/mol. The summed E-state index contributed by atoms with van der Waals surface area (Å²) in [7, 11) is 0. The van der Waals surface area contributed by atoms with Crippen LogP contribution in [0.15, 0.2) is 0 Å². The molecule has 0 spiro atoms. The van der Waals surface area contributed by atoms with E-state index >= 15 is 0 Å². The first kappa shape index (κ1) is 7.77. The second kappa shape index (κ2) is 2.36. The Labute approximate surface area is 46.9 Å². The summed E-state index contributed by atoms with van der Waals surface area (Å²) < 4.78 is 40.3. The molecule has 0 radical (unpaired) electrons. The maximum atomic E-state index is 10.9. The van der Waals surface area contributed by atoms with Crippen molar-refractivity contribution >= 4 is 17.2 Å². The molecule has 2 nitrogen and oxygen atoms in total. The molecule has 48 valence electrons. The Balaban J connectivity index is 3.82. The summed E-state index contributed by atoms with van der Waals surface area (Å²) in [6.45, 7) is 0. The van der Waals surface area contributed by atoms with Crippen LogP contribution in [0, 0.1) is 0 Å². The highest BCUT2D eigenvalue weighted by Crippen LogP contribution is 2.20. The van der Waals surface area contributed by atoms with Crippen molar-refractivity contribution < 1.29 is 22.5 Å². The van der Waals surface area contributed by atoms with Gasteiger partial charge in [0.15, 0.2) is 0 Å². The molecule has 0 fully saturated rings. The zero-order valence-electron chi connectivity index (χ0n) is 3.40. The fraction of sp³-hybridized carbons (Fsp3) is 0.500. The van der Waals surface area contributed by atoms with E-state index in [0.717, 1.165) is 0 Å². The normalized spacial score (nSPS) is 11.5. The van der Waals surface area contributed by atoms with Gasteiger partial charge in [-0.15, -0.1) is 0 Å². The lowest BCUT2D eigenvalue weighted by Gasteiger charge is -1.97. The van der Waals surface area contributed by atoms with E-state index in [1.165, 1.54) is 0 Å². The fourth-order valence-electron chi connectivity index (χ4n) is 0.0518. The topological polar surface area (TPSA) is 37.3 Å². The number of halogens is 3. The van der Waals surface area contributed by atoms with Crippen molar-refractivity contribution in [2.45, 2.75) is 6.18 Å². The molecule has 0 unspecified atom stereocenters. The third kappa shape index (κ3) is 2.17. The summed E-state index contributed by atoms with van der Waals surface area (Å²) in [6, 6.07) is 0. The fourth-order valence-corrected chi connectivity index (χ4v) is 0.155. The molecule has 0 aromatic heterocycles. The van der Waals surface area contributed by atoms with Gasteiger partial charge in [0, 0.05) is 0 Å². The number of hydrogen-bond acceptors (Lipinski definition) is 3. The van der Waals surface area contributed by atoms with Crippen molar-refractivity contribution in [3.05, 3.63) is 0 Å². The Morgan fingerprint density at radius 3 is 1.88 bits per heavy atom.